The van der Waals surface area contributed by atoms with Crippen LogP contribution in [0.1, 0.15) is 144 Å². The van der Waals surface area contributed by atoms with Crippen LogP contribution in [0.5, 0.6) is 23.0 Å². The second kappa shape index (κ2) is 26.7. The average Bonchev–Trinajstić information content (AvgIpc) is 3.24. The van der Waals surface area contributed by atoms with Gasteiger partial charge in [0, 0.05) is 42.0 Å². The zero-order valence-corrected chi connectivity index (χ0v) is 36.5. The molecule has 6 heteroatoms. The fraction of sp³-hybridized carbons (Fsp3) is 0.549. The molecule has 4 rings (SSSR count). The van der Waals surface area contributed by atoms with Gasteiger partial charge in [0.05, 0.1) is 37.8 Å². The summed E-state index contributed by atoms with van der Waals surface area (Å²) in [7, 11) is 0. The Morgan fingerprint density at radius 1 is 0.404 bits per heavy atom. The van der Waals surface area contributed by atoms with Crippen molar-refractivity contribution in [2.45, 2.75) is 144 Å². The summed E-state index contributed by atoms with van der Waals surface area (Å²) < 4.78 is 25.7. The molecule has 3 aromatic carbocycles. The maximum Gasteiger partial charge on any atom is 0.132 e. The largest absolute Gasteiger partial charge is 0.493 e. The number of nitrogens with zero attached hydrogens (tertiary/aromatic N) is 2. The molecule has 0 saturated carbocycles. The van der Waals surface area contributed by atoms with Crippen LogP contribution in [0.2, 0.25) is 0 Å². The van der Waals surface area contributed by atoms with E-state index < -0.39 is 0 Å². The highest BCUT2D eigenvalue weighted by molar-refractivity contribution is 5.81. The van der Waals surface area contributed by atoms with E-state index in [4.69, 9.17) is 23.9 Å². The van der Waals surface area contributed by atoms with Crippen molar-refractivity contribution in [1.29, 1.82) is 0 Å². The van der Waals surface area contributed by atoms with E-state index in [2.05, 4.69) is 119 Å². The molecule has 0 N–H and O–H groups in total. The Balaban J connectivity index is 1.80. The van der Waals surface area contributed by atoms with E-state index in [1.54, 1.807) is 0 Å². The average molecular weight is 779 g/mol. The number of hydrogen-bond donors (Lipinski definition) is 0. The lowest BCUT2D eigenvalue weighted by Gasteiger charge is -2.21. The Hall–Kier alpha value is -4.19. The summed E-state index contributed by atoms with van der Waals surface area (Å²) in [6.45, 7) is 18.0. The number of anilines is 1. The van der Waals surface area contributed by atoms with Crippen molar-refractivity contribution in [3.63, 3.8) is 0 Å². The van der Waals surface area contributed by atoms with Gasteiger partial charge in [-0.3, -0.25) is 0 Å². The number of aromatic nitrogens is 1. The van der Waals surface area contributed by atoms with Crippen LogP contribution in [0.4, 0.5) is 5.69 Å². The molecule has 0 unspecified atom stereocenters. The summed E-state index contributed by atoms with van der Waals surface area (Å²) >= 11 is 0. The van der Waals surface area contributed by atoms with E-state index in [0.29, 0.717) is 26.4 Å². The van der Waals surface area contributed by atoms with Crippen LogP contribution in [0, 0.1) is 0 Å². The van der Waals surface area contributed by atoms with E-state index in [1.165, 1.54) is 69.9 Å². The topological polar surface area (TPSA) is 53.1 Å². The zero-order valence-electron chi connectivity index (χ0n) is 36.5. The van der Waals surface area contributed by atoms with E-state index >= 15 is 0 Å². The third-order valence-corrected chi connectivity index (χ3v) is 10.7. The van der Waals surface area contributed by atoms with Crippen molar-refractivity contribution in [2.75, 3.05) is 44.4 Å². The van der Waals surface area contributed by atoms with Gasteiger partial charge in [0.15, 0.2) is 0 Å². The summed E-state index contributed by atoms with van der Waals surface area (Å²) in [5.41, 5.74) is 7.10. The fourth-order valence-electron chi connectivity index (χ4n) is 7.13. The molecule has 0 fully saturated rings. The summed E-state index contributed by atoms with van der Waals surface area (Å²) in [5.74, 6) is 3.30. The van der Waals surface area contributed by atoms with E-state index in [9.17, 15) is 0 Å². The van der Waals surface area contributed by atoms with Crippen molar-refractivity contribution in [3.05, 3.63) is 72.8 Å². The molecule has 0 bridgehead atoms. The highest BCUT2D eigenvalue weighted by atomic mass is 16.5. The molecule has 312 valence electrons. The molecular weight excluding hydrogens is 705 g/mol. The predicted molar refractivity (Wildman–Crippen MR) is 243 cm³/mol. The van der Waals surface area contributed by atoms with Gasteiger partial charge < -0.3 is 23.8 Å². The van der Waals surface area contributed by atoms with Crippen LogP contribution in [-0.2, 0) is 0 Å². The first-order valence-corrected chi connectivity index (χ1v) is 22.7. The maximum absolute atomic E-state index is 6.60. The molecule has 1 aromatic heterocycles. The van der Waals surface area contributed by atoms with Gasteiger partial charge in [-0.1, -0.05) is 117 Å². The van der Waals surface area contributed by atoms with Crippen LogP contribution in [0.3, 0.4) is 0 Å². The molecule has 0 aliphatic rings. The van der Waals surface area contributed by atoms with Gasteiger partial charge >= 0.3 is 0 Å². The first-order valence-electron chi connectivity index (χ1n) is 22.7. The zero-order chi connectivity index (χ0) is 40.5. The molecular formula is C51H74N2O4. The standard InChI is InChI=1S/C51H74N2O4/c1-7-13-17-21-33-54-44-29-31-46(50(39-44)56-35-23-19-15-9-3)48-37-42(41-25-27-43(28-26-41)53(11-5)12-6)38-49(52-48)47-32-30-45(55-34-22-18-14-8-2)40-51(47)57-36-24-20-16-10-4/h25-32,37-40H,7-24,33-36H2,1-6H3. The second-order valence-corrected chi connectivity index (χ2v) is 15.3. The Bertz CT molecular complexity index is 1590. The number of hydrogen-bond acceptors (Lipinski definition) is 6. The molecule has 0 radical (unpaired) electrons. The summed E-state index contributed by atoms with van der Waals surface area (Å²) in [6.07, 6.45) is 18.5. The van der Waals surface area contributed by atoms with Gasteiger partial charge in [-0.05, 0) is 99.2 Å². The van der Waals surface area contributed by atoms with E-state index in [1.807, 2.05) is 0 Å². The SMILES string of the molecule is CCCCCCOc1ccc(-c2cc(-c3ccc(N(CC)CC)cc3)cc(-c3ccc(OCCCCCC)cc3OCCCCCC)n2)c(OCCCCCC)c1. The molecule has 0 atom stereocenters. The van der Waals surface area contributed by atoms with Crippen molar-refractivity contribution in [2.24, 2.45) is 0 Å². The molecule has 4 aromatic rings. The highest BCUT2D eigenvalue weighted by Crippen LogP contribution is 2.40. The predicted octanol–water partition coefficient (Wildman–Crippen LogP) is 14.8. The first-order chi connectivity index (χ1) is 28.0. The summed E-state index contributed by atoms with van der Waals surface area (Å²) in [4.78, 5) is 7.79. The van der Waals surface area contributed by atoms with Crippen LogP contribution >= 0.6 is 0 Å². The van der Waals surface area contributed by atoms with Crippen molar-refractivity contribution < 1.29 is 18.9 Å². The van der Waals surface area contributed by atoms with Gasteiger partial charge in [0.25, 0.3) is 0 Å². The Morgan fingerprint density at radius 2 is 0.807 bits per heavy atom. The molecule has 0 aliphatic heterocycles. The molecule has 0 spiro atoms. The second-order valence-electron chi connectivity index (χ2n) is 15.3. The minimum Gasteiger partial charge on any atom is -0.493 e. The van der Waals surface area contributed by atoms with Crippen LogP contribution < -0.4 is 23.8 Å². The van der Waals surface area contributed by atoms with Gasteiger partial charge in [-0.25, -0.2) is 4.98 Å². The fourth-order valence-corrected chi connectivity index (χ4v) is 7.13. The van der Waals surface area contributed by atoms with Gasteiger partial charge in [-0.15, -0.1) is 0 Å². The molecule has 1 heterocycles. The first kappa shape index (κ1) is 45.5. The quantitative estimate of drug-likeness (QED) is 0.0491. The smallest absolute Gasteiger partial charge is 0.132 e. The Labute approximate surface area is 346 Å². The van der Waals surface area contributed by atoms with Gasteiger partial charge in [-0.2, -0.15) is 0 Å². The molecule has 0 amide bonds. The molecule has 0 aliphatic carbocycles. The van der Waals surface area contributed by atoms with E-state index in [0.717, 1.165) is 108 Å². The normalized spacial score (nSPS) is 11.1. The van der Waals surface area contributed by atoms with Gasteiger partial charge in [0.1, 0.15) is 23.0 Å². The Kier molecular flexibility index (Phi) is 21.3. The monoisotopic (exact) mass is 779 g/mol. The third kappa shape index (κ3) is 15.2. The maximum atomic E-state index is 6.60. The van der Waals surface area contributed by atoms with Crippen LogP contribution in [0.15, 0.2) is 72.8 Å². The number of unbranched alkanes of at least 4 members (excludes halogenated alkanes) is 12. The van der Waals surface area contributed by atoms with Crippen LogP contribution in [-0.4, -0.2) is 44.5 Å². The third-order valence-electron chi connectivity index (χ3n) is 10.7. The minimum atomic E-state index is 0.655. The number of benzene rings is 3. The lowest BCUT2D eigenvalue weighted by Crippen LogP contribution is -2.21. The number of pyridine rings is 1. The number of rotatable bonds is 30. The van der Waals surface area contributed by atoms with Gasteiger partial charge in [0.2, 0.25) is 0 Å². The van der Waals surface area contributed by atoms with Crippen molar-refractivity contribution >= 4 is 5.69 Å². The molecule has 57 heavy (non-hydrogen) atoms. The minimum absolute atomic E-state index is 0.655. The van der Waals surface area contributed by atoms with Crippen molar-refractivity contribution in [3.8, 4) is 56.6 Å². The highest BCUT2D eigenvalue weighted by Gasteiger charge is 2.18. The van der Waals surface area contributed by atoms with E-state index in [-0.39, 0.29) is 0 Å². The summed E-state index contributed by atoms with van der Waals surface area (Å²) in [5, 5.41) is 0. The lowest BCUT2D eigenvalue weighted by atomic mass is 9.98. The Morgan fingerprint density at radius 3 is 1.19 bits per heavy atom. The van der Waals surface area contributed by atoms with Crippen molar-refractivity contribution in [1.82, 2.24) is 4.98 Å². The van der Waals surface area contributed by atoms with Crippen LogP contribution in [0.25, 0.3) is 33.6 Å². The lowest BCUT2D eigenvalue weighted by molar-refractivity contribution is 0.291. The summed E-state index contributed by atoms with van der Waals surface area (Å²) in [6, 6.07) is 25.9. The number of ether oxygens (including phenoxy) is 4. The molecule has 0 saturated heterocycles. The molecule has 6 nitrogen and oxygen atoms in total.